The maximum absolute atomic E-state index is 5.21. The summed E-state index contributed by atoms with van der Waals surface area (Å²) in [7, 11) is 0. The van der Waals surface area contributed by atoms with Crippen molar-refractivity contribution in [3.05, 3.63) is 29.8 Å². The first-order valence-corrected chi connectivity index (χ1v) is 4.60. The first kappa shape index (κ1) is 7.02. The fourth-order valence-corrected chi connectivity index (χ4v) is 1.72. The maximum atomic E-state index is 5.21. The quantitative estimate of drug-likeness (QED) is 0.700. The van der Waals surface area contributed by atoms with Crippen molar-refractivity contribution in [1.29, 1.82) is 0 Å². The minimum atomic E-state index is 0.594. The molecule has 0 unspecified atom stereocenters. The molecule has 1 aromatic carbocycles. The van der Waals surface area contributed by atoms with Crippen molar-refractivity contribution in [3.63, 3.8) is 0 Å². The third-order valence-corrected chi connectivity index (χ3v) is 2.21. The Bertz CT molecular complexity index is 198. The topological polar surface area (TPSA) is 9.23 Å². The van der Waals surface area contributed by atoms with E-state index in [0.29, 0.717) is 25.2 Å². The molecule has 2 heteroatoms. The van der Waals surface area contributed by atoms with Gasteiger partial charge < -0.3 is 0 Å². The second-order valence-corrected chi connectivity index (χ2v) is 2.80. The summed E-state index contributed by atoms with van der Waals surface area (Å²) in [5.41, 5.74) is 1.22. The average Bonchev–Trinajstić information content (AvgIpc) is 1.89. The van der Waals surface area contributed by atoms with Crippen LogP contribution in [-0.2, 0) is 0 Å². The number of hydrogen-bond donors (Lipinski definition) is 0. The summed E-state index contributed by atoms with van der Waals surface area (Å²) in [6, 6.07) is 8.06. The van der Waals surface area contributed by atoms with E-state index in [-0.39, 0.29) is 0 Å². The molecule has 0 atom stereocenters. The summed E-state index contributed by atoms with van der Waals surface area (Å²) in [4.78, 5) is 0. The second kappa shape index (κ2) is 3.17. The molecule has 48 valence electrons. The van der Waals surface area contributed by atoms with Gasteiger partial charge in [0.2, 0.25) is 0 Å². The van der Waals surface area contributed by atoms with Crippen molar-refractivity contribution in [1.82, 2.24) is 0 Å². The Labute approximate surface area is 70.5 Å². The van der Waals surface area contributed by atoms with E-state index in [1.165, 1.54) is 5.56 Å². The molecule has 0 aliphatic carbocycles. The zero-order valence-electron chi connectivity index (χ0n) is 5.29. The fourth-order valence-electron chi connectivity index (χ4n) is 0.689. The van der Waals surface area contributed by atoms with Gasteiger partial charge in [0.25, 0.3) is 0 Å². The van der Waals surface area contributed by atoms with Crippen LogP contribution in [0.4, 0.5) is 0 Å². The molecule has 0 amide bonds. The number of benzene rings is 1. The monoisotopic (exact) mass is 318 g/mol. The van der Waals surface area contributed by atoms with Gasteiger partial charge in [0, 0.05) is 0 Å². The van der Waals surface area contributed by atoms with Crippen LogP contribution in [0.25, 0.3) is 0 Å². The molecule has 0 aromatic heterocycles. The molecule has 0 saturated carbocycles. The van der Waals surface area contributed by atoms with E-state index in [0.717, 1.165) is 5.75 Å². The van der Waals surface area contributed by atoms with Gasteiger partial charge in [0.15, 0.2) is 0 Å². The summed E-state index contributed by atoms with van der Waals surface area (Å²) in [6.45, 7) is 2.05. The fraction of sp³-hybridized carbons (Fsp3) is 0.143. The minimum absolute atomic E-state index is 0.594. The van der Waals surface area contributed by atoms with Crippen molar-refractivity contribution in [2.75, 3.05) is 0 Å². The van der Waals surface area contributed by atoms with Crippen LogP contribution in [0.2, 0.25) is 0 Å². The Hall–Kier alpha value is -0.0969. The molecule has 9 heavy (non-hydrogen) atoms. The molecule has 0 fully saturated rings. The van der Waals surface area contributed by atoms with E-state index >= 15 is 0 Å². The second-order valence-electron chi connectivity index (χ2n) is 1.88. The van der Waals surface area contributed by atoms with Crippen molar-refractivity contribution >= 4 is 25.2 Å². The molecule has 1 aromatic rings. The van der Waals surface area contributed by atoms with Gasteiger partial charge in [-0.15, -0.1) is 0 Å². The summed E-state index contributed by atoms with van der Waals surface area (Å²) >= 11 is 0.594. The summed E-state index contributed by atoms with van der Waals surface area (Å²) in [6.07, 6.45) is 0. The van der Waals surface area contributed by atoms with Crippen LogP contribution in [0.1, 0.15) is 5.56 Å². The Kier molecular flexibility index (Phi) is 2.47. The van der Waals surface area contributed by atoms with Gasteiger partial charge in [-0.3, -0.25) is 0 Å². The molecular formula is C7H9BiO. The van der Waals surface area contributed by atoms with Gasteiger partial charge in [0.1, 0.15) is 0 Å². The average molecular weight is 318 g/mol. The Morgan fingerprint density at radius 1 is 1.33 bits per heavy atom. The molecule has 0 radical (unpaired) electrons. The van der Waals surface area contributed by atoms with Crippen molar-refractivity contribution in [3.8, 4) is 5.75 Å². The van der Waals surface area contributed by atoms with Gasteiger partial charge >= 0.3 is 70.5 Å². The van der Waals surface area contributed by atoms with Crippen LogP contribution < -0.4 is 2.81 Å². The molecule has 0 heterocycles. The SMILES string of the molecule is Cc1ccccc1[O][BiH2]. The Balaban J connectivity index is 3.01. The number of para-hydroxylation sites is 1. The van der Waals surface area contributed by atoms with Crippen LogP contribution >= 0.6 is 0 Å². The van der Waals surface area contributed by atoms with Gasteiger partial charge in [-0.05, 0) is 0 Å². The number of rotatable bonds is 1. The summed E-state index contributed by atoms with van der Waals surface area (Å²) in [5, 5.41) is 0. The van der Waals surface area contributed by atoms with Crippen molar-refractivity contribution in [2.24, 2.45) is 0 Å². The van der Waals surface area contributed by atoms with E-state index in [2.05, 4.69) is 13.0 Å². The molecule has 0 bridgehead atoms. The van der Waals surface area contributed by atoms with Crippen molar-refractivity contribution < 1.29 is 2.81 Å². The first-order chi connectivity index (χ1) is 4.34. The molecular weight excluding hydrogens is 309 g/mol. The van der Waals surface area contributed by atoms with E-state index in [1.54, 1.807) is 0 Å². The van der Waals surface area contributed by atoms with Crippen LogP contribution in [0.3, 0.4) is 0 Å². The van der Waals surface area contributed by atoms with E-state index in [4.69, 9.17) is 2.81 Å². The van der Waals surface area contributed by atoms with Gasteiger partial charge in [-0.1, -0.05) is 0 Å². The molecule has 1 nitrogen and oxygen atoms in total. The predicted molar refractivity (Wildman–Crippen MR) is 40.4 cm³/mol. The molecule has 0 saturated heterocycles. The Morgan fingerprint density at radius 2 is 2.00 bits per heavy atom. The van der Waals surface area contributed by atoms with Crippen molar-refractivity contribution in [2.45, 2.75) is 6.92 Å². The number of aryl methyl sites for hydroxylation is 1. The predicted octanol–water partition coefficient (Wildman–Crippen LogP) is 0.922. The third-order valence-electron chi connectivity index (χ3n) is 1.22. The normalized spacial score (nSPS) is 9.11. The molecule has 0 N–H and O–H groups in total. The van der Waals surface area contributed by atoms with Crippen LogP contribution in [-0.4, -0.2) is 25.2 Å². The van der Waals surface area contributed by atoms with Gasteiger partial charge in [0.05, 0.1) is 0 Å². The molecule has 1 rings (SSSR count). The first-order valence-electron chi connectivity index (χ1n) is 2.77. The molecule has 0 spiro atoms. The van der Waals surface area contributed by atoms with Gasteiger partial charge in [-0.25, -0.2) is 0 Å². The third kappa shape index (κ3) is 1.65. The van der Waals surface area contributed by atoms with E-state index in [9.17, 15) is 0 Å². The van der Waals surface area contributed by atoms with Crippen LogP contribution in [0.5, 0.6) is 5.75 Å². The zero-order chi connectivity index (χ0) is 6.69. The van der Waals surface area contributed by atoms with E-state index < -0.39 is 0 Å². The zero-order valence-corrected chi connectivity index (χ0v) is 9.78. The van der Waals surface area contributed by atoms with E-state index in [1.807, 2.05) is 18.2 Å². The van der Waals surface area contributed by atoms with Crippen LogP contribution in [0.15, 0.2) is 24.3 Å². The standard InChI is InChI=1S/C7H8O.Bi.2H/c1-6-4-2-3-5-7(6)8;;;/h2-5,8H,1H3;;;/q;+1;;/p-1. The molecule has 0 aliphatic rings. The summed E-state index contributed by atoms with van der Waals surface area (Å²) < 4.78 is 5.21. The van der Waals surface area contributed by atoms with Gasteiger partial charge in [-0.2, -0.15) is 0 Å². The summed E-state index contributed by atoms with van der Waals surface area (Å²) in [5.74, 6) is 1.03. The number of hydrogen-bond acceptors (Lipinski definition) is 1. The molecule has 0 aliphatic heterocycles. The van der Waals surface area contributed by atoms with Crippen LogP contribution in [0, 0.1) is 6.92 Å². The Morgan fingerprint density at radius 3 is 2.44 bits per heavy atom.